The van der Waals surface area contributed by atoms with Crippen LogP contribution in [0.5, 0.6) is 0 Å². The summed E-state index contributed by atoms with van der Waals surface area (Å²) in [7, 11) is 0. The molecule has 0 radical (unpaired) electrons. The topological polar surface area (TPSA) is 107 Å². The van der Waals surface area contributed by atoms with Gasteiger partial charge in [0.25, 0.3) is 0 Å². The molecule has 1 aromatic rings. The molecule has 1 atom stereocenters. The van der Waals surface area contributed by atoms with Crippen molar-refractivity contribution in [3.63, 3.8) is 0 Å². The van der Waals surface area contributed by atoms with E-state index in [2.05, 4.69) is 4.84 Å². The van der Waals surface area contributed by atoms with E-state index in [0.29, 0.717) is 0 Å². The molecular formula is C15H17NO5. The number of carbonyl (C=O) groups is 3. The van der Waals surface area contributed by atoms with E-state index in [1.54, 1.807) is 24.3 Å². The molecule has 21 heavy (non-hydrogen) atoms. The number of benzene rings is 1. The summed E-state index contributed by atoms with van der Waals surface area (Å²) in [6, 6.07) is 8.94. The maximum Gasteiger partial charge on any atom is 0.360 e. The minimum atomic E-state index is -1.13. The van der Waals surface area contributed by atoms with Gasteiger partial charge in [0, 0.05) is 0 Å². The van der Waals surface area contributed by atoms with Crippen molar-refractivity contribution in [2.75, 3.05) is 0 Å². The number of rotatable bonds is 6. The second-order valence-electron chi connectivity index (χ2n) is 4.58. The third-order valence-electron chi connectivity index (χ3n) is 3.11. The third kappa shape index (κ3) is 4.25. The fourth-order valence-electron chi connectivity index (χ4n) is 1.98. The zero-order valence-electron chi connectivity index (χ0n) is 11.8. The number of aliphatic carboxylic acids is 1. The van der Waals surface area contributed by atoms with E-state index in [4.69, 9.17) is 5.90 Å². The molecule has 6 nitrogen and oxygen atoms in total. The first-order chi connectivity index (χ1) is 9.88. The Bertz CT molecular complexity index is 577. The van der Waals surface area contributed by atoms with Gasteiger partial charge < -0.3 is 9.94 Å². The molecule has 0 saturated heterocycles. The van der Waals surface area contributed by atoms with Crippen LogP contribution in [0.4, 0.5) is 0 Å². The zero-order chi connectivity index (χ0) is 16.0. The molecule has 0 bridgehead atoms. The summed E-state index contributed by atoms with van der Waals surface area (Å²) >= 11 is 0. The van der Waals surface area contributed by atoms with Gasteiger partial charge in [0.05, 0.1) is 5.92 Å². The molecule has 0 amide bonds. The van der Waals surface area contributed by atoms with E-state index in [-0.39, 0.29) is 17.6 Å². The summed E-state index contributed by atoms with van der Waals surface area (Å²) < 4.78 is 0. The smallest absolute Gasteiger partial charge is 0.360 e. The Kier molecular flexibility index (Phi) is 5.80. The van der Waals surface area contributed by atoms with Crippen LogP contribution < -0.4 is 5.90 Å². The molecule has 0 aromatic heterocycles. The van der Waals surface area contributed by atoms with E-state index >= 15 is 0 Å². The Morgan fingerprint density at radius 1 is 1.24 bits per heavy atom. The van der Waals surface area contributed by atoms with E-state index in [1.165, 1.54) is 13.8 Å². The Hall–Kier alpha value is -2.47. The SMILES string of the molecule is CC(=O)C(C(=O)ON)=C(Cc1ccccc1)C(C)C(=O)O. The lowest BCUT2D eigenvalue weighted by Crippen LogP contribution is -2.24. The number of hydrogen-bond donors (Lipinski definition) is 2. The predicted octanol–water partition coefficient (Wildman–Crippen LogP) is 1.25. The van der Waals surface area contributed by atoms with Crippen molar-refractivity contribution >= 4 is 17.7 Å². The van der Waals surface area contributed by atoms with Crippen LogP contribution in [-0.2, 0) is 25.6 Å². The van der Waals surface area contributed by atoms with Crippen molar-refractivity contribution in [1.82, 2.24) is 0 Å². The summed E-state index contributed by atoms with van der Waals surface area (Å²) in [4.78, 5) is 38.7. The van der Waals surface area contributed by atoms with Crippen molar-refractivity contribution in [3.8, 4) is 0 Å². The van der Waals surface area contributed by atoms with Crippen LogP contribution in [0, 0.1) is 5.92 Å². The molecule has 0 spiro atoms. The number of carboxylic acid groups (broad SMARTS) is 1. The monoisotopic (exact) mass is 291 g/mol. The lowest BCUT2D eigenvalue weighted by molar-refractivity contribution is -0.141. The molecule has 0 aliphatic rings. The first kappa shape index (κ1) is 16.6. The van der Waals surface area contributed by atoms with Gasteiger partial charge in [-0.15, -0.1) is 0 Å². The predicted molar refractivity (Wildman–Crippen MR) is 74.9 cm³/mol. The highest BCUT2D eigenvalue weighted by molar-refractivity contribution is 6.17. The summed E-state index contributed by atoms with van der Waals surface area (Å²) in [6.07, 6.45) is 0.151. The summed E-state index contributed by atoms with van der Waals surface area (Å²) in [5, 5.41) is 9.19. The molecule has 0 aliphatic heterocycles. The second kappa shape index (κ2) is 7.35. The van der Waals surface area contributed by atoms with Gasteiger partial charge in [-0.3, -0.25) is 9.59 Å². The quantitative estimate of drug-likeness (QED) is 0.353. The molecule has 0 aliphatic carbocycles. The molecule has 1 rings (SSSR count). The number of hydrogen-bond acceptors (Lipinski definition) is 5. The first-order valence-electron chi connectivity index (χ1n) is 6.30. The van der Waals surface area contributed by atoms with Gasteiger partial charge in [-0.05, 0) is 31.4 Å². The summed E-state index contributed by atoms with van der Waals surface area (Å²) in [5.41, 5.74) is 0.650. The minimum Gasteiger partial charge on any atom is -0.481 e. The molecule has 3 N–H and O–H groups in total. The van der Waals surface area contributed by atoms with Gasteiger partial charge >= 0.3 is 11.9 Å². The summed E-state index contributed by atoms with van der Waals surface area (Å²) in [6.45, 7) is 2.58. The number of carbonyl (C=O) groups excluding carboxylic acids is 2. The highest BCUT2D eigenvalue weighted by atomic mass is 16.7. The minimum absolute atomic E-state index is 0.151. The van der Waals surface area contributed by atoms with Gasteiger partial charge in [-0.2, -0.15) is 5.90 Å². The van der Waals surface area contributed by atoms with Crippen molar-refractivity contribution in [2.24, 2.45) is 11.8 Å². The summed E-state index contributed by atoms with van der Waals surface area (Å²) in [5.74, 6) is 1.08. The van der Waals surface area contributed by atoms with Crippen LogP contribution in [0.1, 0.15) is 19.4 Å². The number of nitrogens with two attached hydrogens (primary N) is 1. The van der Waals surface area contributed by atoms with E-state index < -0.39 is 23.6 Å². The molecule has 112 valence electrons. The number of carboxylic acids is 1. The first-order valence-corrected chi connectivity index (χ1v) is 6.30. The lowest BCUT2D eigenvalue weighted by Gasteiger charge is -2.16. The molecule has 0 heterocycles. The fourth-order valence-corrected chi connectivity index (χ4v) is 1.98. The van der Waals surface area contributed by atoms with Crippen molar-refractivity contribution in [2.45, 2.75) is 20.3 Å². The van der Waals surface area contributed by atoms with Crippen LogP contribution in [0.15, 0.2) is 41.5 Å². The number of Topliss-reactive ketones (excluding diaryl/α,β-unsaturated/α-hetero) is 1. The van der Waals surface area contributed by atoms with E-state index in [1.807, 2.05) is 6.07 Å². The van der Waals surface area contributed by atoms with Gasteiger partial charge in [0.2, 0.25) is 0 Å². The van der Waals surface area contributed by atoms with Crippen molar-refractivity contribution < 1.29 is 24.3 Å². The van der Waals surface area contributed by atoms with Crippen molar-refractivity contribution in [1.29, 1.82) is 0 Å². The van der Waals surface area contributed by atoms with Crippen LogP contribution >= 0.6 is 0 Å². The Balaban J connectivity index is 3.38. The van der Waals surface area contributed by atoms with Gasteiger partial charge in [0.1, 0.15) is 5.57 Å². The number of ketones is 1. The van der Waals surface area contributed by atoms with E-state index in [9.17, 15) is 19.5 Å². The standard InChI is InChI=1S/C15H17NO5/c1-9(14(18)19)12(8-11-6-4-3-5-7-11)13(10(2)17)15(20)21-16/h3-7,9H,8,16H2,1-2H3,(H,18,19). The van der Waals surface area contributed by atoms with Crippen LogP contribution in [0.2, 0.25) is 0 Å². The average molecular weight is 291 g/mol. The van der Waals surface area contributed by atoms with Crippen LogP contribution in [0.3, 0.4) is 0 Å². The zero-order valence-corrected chi connectivity index (χ0v) is 11.8. The molecular weight excluding hydrogens is 274 g/mol. The van der Waals surface area contributed by atoms with Crippen LogP contribution in [0.25, 0.3) is 0 Å². The van der Waals surface area contributed by atoms with Gasteiger partial charge in [0.15, 0.2) is 5.78 Å². The normalized spacial score (nSPS) is 13.1. The second-order valence-corrected chi connectivity index (χ2v) is 4.58. The average Bonchev–Trinajstić information content (AvgIpc) is 2.46. The molecule has 6 heteroatoms. The lowest BCUT2D eigenvalue weighted by atomic mass is 9.88. The molecule has 0 saturated carbocycles. The highest BCUT2D eigenvalue weighted by Crippen LogP contribution is 2.22. The van der Waals surface area contributed by atoms with Crippen molar-refractivity contribution in [3.05, 3.63) is 47.0 Å². The maximum absolute atomic E-state index is 11.7. The Morgan fingerprint density at radius 2 is 1.81 bits per heavy atom. The Morgan fingerprint density at radius 3 is 2.24 bits per heavy atom. The molecule has 1 aromatic carbocycles. The van der Waals surface area contributed by atoms with E-state index in [0.717, 1.165) is 5.56 Å². The maximum atomic E-state index is 11.7. The molecule has 1 unspecified atom stereocenters. The third-order valence-corrected chi connectivity index (χ3v) is 3.11. The Labute approximate surface area is 122 Å². The fraction of sp³-hybridized carbons (Fsp3) is 0.267. The molecule has 0 fully saturated rings. The van der Waals surface area contributed by atoms with Crippen LogP contribution in [-0.4, -0.2) is 22.8 Å². The largest absolute Gasteiger partial charge is 0.481 e. The highest BCUT2D eigenvalue weighted by Gasteiger charge is 2.28. The van der Waals surface area contributed by atoms with Gasteiger partial charge in [-0.25, -0.2) is 4.79 Å². The van der Waals surface area contributed by atoms with Gasteiger partial charge in [-0.1, -0.05) is 30.3 Å².